The van der Waals surface area contributed by atoms with Gasteiger partial charge in [0.05, 0.1) is 19.3 Å². The number of aromatic nitrogens is 4. The van der Waals surface area contributed by atoms with E-state index in [1.165, 1.54) is 0 Å². The average molecular weight is 508 g/mol. The summed E-state index contributed by atoms with van der Waals surface area (Å²) < 4.78 is 51.6. The van der Waals surface area contributed by atoms with Gasteiger partial charge in [0.2, 0.25) is 0 Å². The summed E-state index contributed by atoms with van der Waals surface area (Å²) in [6.07, 6.45) is -4.05. The van der Waals surface area contributed by atoms with Gasteiger partial charge in [0.1, 0.15) is 18.3 Å². The number of phosphoric ester groups is 1. The highest BCUT2D eigenvalue weighted by Crippen LogP contribution is 2.66. The second kappa shape index (κ2) is 8.53. The van der Waals surface area contributed by atoms with E-state index in [1.807, 2.05) is 0 Å². The monoisotopic (exact) mass is 508 g/mol. The zero-order valence-corrected chi connectivity index (χ0v) is 17.5. The summed E-state index contributed by atoms with van der Waals surface area (Å²) in [5.74, 6) is 0. The molecule has 1 aliphatic heterocycles. The molecule has 0 bridgehead atoms. The van der Waals surface area contributed by atoms with Crippen LogP contribution in [0.15, 0.2) is 17.4 Å². The van der Waals surface area contributed by atoms with Crippen LogP contribution in [-0.4, -0.2) is 74.2 Å². The molecule has 0 saturated carbocycles. The van der Waals surface area contributed by atoms with Crippen molar-refractivity contribution in [1.29, 1.82) is 0 Å². The van der Waals surface area contributed by atoms with Crippen LogP contribution < -0.4 is 5.56 Å². The molecular weight excluding hydrogens is 493 g/mol. The van der Waals surface area contributed by atoms with Crippen molar-refractivity contribution in [2.45, 2.75) is 24.5 Å². The van der Waals surface area contributed by atoms with Gasteiger partial charge in [-0.15, -0.1) is 0 Å². The molecule has 0 amide bonds. The van der Waals surface area contributed by atoms with Gasteiger partial charge in [-0.25, -0.2) is 23.7 Å². The van der Waals surface area contributed by atoms with Crippen LogP contribution in [0, 0.1) is 0 Å². The summed E-state index contributed by atoms with van der Waals surface area (Å²) in [5.41, 5.74) is -0.681. The lowest BCUT2D eigenvalue weighted by molar-refractivity contribution is -0.0503. The molecule has 1 saturated heterocycles. The smallest absolute Gasteiger partial charge is 0.387 e. The number of aromatic amines is 1. The first-order valence-electron chi connectivity index (χ1n) is 7.89. The third kappa shape index (κ3) is 5.71. The van der Waals surface area contributed by atoms with Crippen molar-refractivity contribution in [3.8, 4) is 0 Å². The van der Waals surface area contributed by atoms with E-state index < -0.39 is 60.2 Å². The number of ether oxygens (including phenoxy) is 1. The Bertz CT molecular complexity index is 1160. The highest BCUT2D eigenvalue weighted by molar-refractivity contribution is 7.66. The maximum Gasteiger partial charge on any atom is 0.490 e. The molecule has 0 aliphatic carbocycles. The minimum atomic E-state index is -5.72. The highest BCUT2D eigenvalue weighted by Gasteiger charge is 2.47. The fourth-order valence-electron chi connectivity index (χ4n) is 2.62. The zero-order valence-electron chi connectivity index (χ0n) is 14.8. The van der Waals surface area contributed by atoms with E-state index in [4.69, 9.17) is 19.4 Å². The van der Waals surface area contributed by atoms with Crippen molar-refractivity contribution in [2.75, 3.05) is 6.61 Å². The van der Waals surface area contributed by atoms with Gasteiger partial charge < -0.3 is 39.5 Å². The molecule has 3 heterocycles. The lowest BCUT2D eigenvalue weighted by Crippen LogP contribution is -2.33. The molecule has 31 heavy (non-hydrogen) atoms. The largest absolute Gasteiger partial charge is 0.490 e. The molecule has 0 spiro atoms. The molecular formula is C10H15N4O14P3. The molecule has 174 valence electrons. The second-order valence-electron chi connectivity index (χ2n) is 5.99. The Morgan fingerprint density at radius 3 is 2.39 bits per heavy atom. The van der Waals surface area contributed by atoms with Crippen LogP contribution in [0.2, 0.25) is 0 Å². The number of nitrogens with zero attached hydrogens (tertiary/aromatic N) is 3. The molecule has 21 heteroatoms. The lowest BCUT2D eigenvalue weighted by Gasteiger charge is -2.19. The summed E-state index contributed by atoms with van der Waals surface area (Å²) in [5, 5.41) is 20.3. The normalized spacial score (nSPS) is 28.5. The molecule has 6 atom stereocenters. The van der Waals surface area contributed by atoms with Crippen molar-refractivity contribution in [2.24, 2.45) is 0 Å². The molecule has 1 aliphatic rings. The van der Waals surface area contributed by atoms with Gasteiger partial charge in [-0.3, -0.25) is 13.9 Å². The fourth-order valence-corrected chi connectivity index (χ4v) is 5.65. The van der Waals surface area contributed by atoms with Crippen LogP contribution in [-0.2, 0) is 31.6 Å². The third-order valence-electron chi connectivity index (χ3n) is 3.79. The quantitative estimate of drug-likeness (QED) is 0.191. The second-order valence-corrected chi connectivity index (χ2v) is 10.4. The van der Waals surface area contributed by atoms with Crippen molar-refractivity contribution >= 4 is 34.6 Å². The fraction of sp³-hybridized carbons (Fsp3) is 0.500. The minimum absolute atomic E-state index is 0.00599. The van der Waals surface area contributed by atoms with Crippen LogP contribution in [0.5, 0.6) is 0 Å². The molecule has 3 unspecified atom stereocenters. The topological polar surface area (TPSA) is 273 Å². The molecule has 0 radical (unpaired) electrons. The average Bonchev–Trinajstić information content (AvgIpc) is 3.13. The van der Waals surface area contributed by atoms with Gasteiger partial charge in [0.25, 0.3) is 5.56 Å². The summed E-state index contributed by atoms with van der Waals surface area (Å²) in [7, 11) is -16.7. The van der Waals surface area contributed by atoms with Crippen LogP contribution in [0.4, 0.5) is 0 Å². The number of imidazole rings is 1. The number of rotatable bonds is 8. The third-order valence-corrected chi connectivity index (χ3v) is 7.60. The van der Waals surface area contributed by atoms with Crippen LogP contribution in [0.25, 0.3) is 11.2 Å². The number of hydrogen-bond acceptors (Lipinski definition) is 12. The Hall–Kier alpha value is -1.36. The predicted octanol–water partition coefficient (Wildman–Crippen LogP) is -1.92. The number of fused-ring (bicyclic) bond motifs is 1. The summed E-state index contributed by atoms with van der Waals surface area (Å²) in [4.78, 5) is 57.2. The van der Waals surface area contributed by atoms with Crippen LogP contribution >= 0.6 is 23.5 Å². The van der Waals surface area contributed by atoms with Crippen LogP contribution in [0.1, 0.15) is 6.23 Å². The number of H-pyrrole nitrogens is 1. The van der Waals surface area contributed by atoms with Gasteiger partial charge in [-0.2, -0.15) is 8.62 Å². The number of aliphatic hydroxyl groups is 2. The molecule has 18 nitrogen and oxygen atoms in total. The Balaban J connectivity index is 1.70. The first kappa shape index (κ1) is 24.3. The van der Waals surface area contributed by atoms with Gasteiger partial charge in [0.15, 0.2) is 17.4 Å². The number of aliphatic hydroxyl groups excluding tert-OH is 2. The minimum Gasteiger partial charge on any atom is -0.387 e. The predicted molar refractivity (Wildman–Crippen MR) is 93.9 cm³/mol. The van der Waals surface area contributed by atoms with Gasteiger partial charge in [-0.1, -0.05) is 0 Å². The molecule has 7 N–H and O–H groups in total. The summed E-state index contributed by atoms with van der Waals surface area (Å²) in [6, 6.07) is 0. The van der Waals surface area contributed by atoms with Crippen molar-refractivity contribution in [3.63, 3.8) is 0 Å². The maximum atomic E-state index is 11.8. The van der Waals surface area contributed by atoms with Gasteiger partial charge in [0, 0.05) is 0 Å². The van der Waals surface area contributed by atoms with Crippen molar-refractivity contribution in [1.82, 2.24) is 19.5 Å². The standard InChI is InChI=1S/C10H15N4O14P3/c15-6-4(1-25-30(21,22)28-31(23,24)27-29(18,19)20)26-10(7(6)16)14-3-13-5-8(14)11-2-12-9(5)17/h2-4,6-7,10,15-16H,1H2,(H,21,22)(H,23,24)(H,11,12,17)(H2,18,19,20)/t4-,6?,7+,10+/m1/s1. The SMILES string of the molecule is O=c1[nH]cnc2c1ncn2[C@H]1O[C@H](COP(=O)(O)OP(=O)(O)OP(=O)(O)O)C(O)[C@@H]1O. The molecule has 2 aromatic heterocycles. The van der Waals surface area contributed by atoms with E-state index in [2.05, 4.69) is 28.1 Å². The van der Waals surface area contributed by atoms with Gasteiger partial charge in [-0.05, 0) is 0 Å². The van der Waals surface area contributed by atoms with Crippen molar-refractivity contribution in [3.05, 3.63) is 23.0 Å². The summed E-state index contributed by atoms with van der Waals surface area (Å²) in [6.45, 7) is -0.987. The Morgan fingerprint density at radius 2 is 1.74 bits per heavy atom. The lowest BCUT2D eigenvalue weighted by atomic mass is 10.1. The van der Waals surface area contributed by atoms with Gasteiger partial charge >= 0.3 is 23.5 Å². The Morgan fingerprint density at radius 1 is 1.06 bits per heavy atom. The first-order valence-corrected chi connectivity index (χ1v) is 12.4. The zero-order chi connectivity index (χ0) is 23.2. The molecule has 2 aromatic rings. The number of hydrogen-bond donors (Lipinski definition) is 7. The van der Waals surface area contributed by atoms with E-state index in [9.17, 15) is 33.6 Å². The Labute approximate surface area is 170 Å². The first-order chi connectivity index (χ1) is 14.2. The van der Waals surface area contributed by atoms with E-state index in [-0.39, 0.29) is 11.2 Å². The van der Waals surface area contributed by atoms with E-state index in [1.54, 1.807) is 0 Å². The Kier molecular flexibility index (Phi) is 6.68. The highest BCUT2D eigenvalue weighted by atomic mass is 31.3. The van der Waals surface area contributed by atoms with E-state index in [0.717, 1.165) is 17.2 Å². The number of phosphoric acid groups is 3. The van der Waals surface area contributed by atoms with E-state index >= 15 is 0 Å². The van der Waals surface area contributed by atoms with E-state index in [0.29, 0.717) is 0 Å². The molecule has 3 rings (SSSR count). The number of nitrogens with one attached hydrogen (secondary N) is 1. The van der Waals surface area contributed by atoms with Crippen molar-refractivity contribution < 1.29 is 61.4 Å². The summed E-state index contributed by atoms with van der Waals surface area (Å²) >= 11 is 0. The molecule has 0 aromatic carbocycles. The van der Waals surface area contributed by atoms with Crippen LogP contribution in [0.3, 0.4) is 0 Å². The molecule has 1 fully saturated rings. The maximum absolute atomic E-state index is 11.8.